The fourth-order valence-electron chi connectivity index (χ4n) is 3.33. The third-order valence-electron chi connectivity index (χ3n) is 4.81. The number of carbonyl (C=O) groups excluding carboxylic acids is 1. The molecule has 0 aliphatic carbocycles. The van der Waals surface area contributed by atoms with Crippen molar-refractivity contribution in [2.24, 2.45) is 0 Å². The monoisotopic (exact) mass is 386 g/mol. The molecule has 4 rings (SSSR count). The number of nitrogens with one attached hydrogen (secondary N) is 1. The molecule has 0 radical (unpaired) electrons. The molecule has 2 heterocycles. The summed E-state index contributed by atoms with van der Waals surface area (Å²) in [5.74, 6) is -0.117. The van der Waals surface area contributed by atoms with Gasteiger partial charge < -0.3 is 5.32 Å². The minimum atomic E-state index is -0.117. The van der Waals surface area contributed by atoms with E-state index in [1.54, 1.807) is 11.0 Å². The van der Waals surface area contributed by atoms with Crippen LogP contribution in [0.2, 0.25) is 0 Å². The summed E-state index contributed by atoms with van der Waals surface area (Å²) >= 11 is 0. The van der Waals surface area contributed by atoms with E-state index in [1.165, 1.54) is 6.33 Å². The maximum absolute atomic E-state index is 12.8. The van der Waals surface area contributed by atoms with Crippen molar-refractivity contribution in [1.82, 2.24) is 29.9 Å². The lowest BCUT2D eigenvalue weighted by molar-refractivity contribution is 0.0949. The Morgan fingerprint density at radius 3 is 2.41 bits per heavy atom. The van der Waals surface area contributed by atoms with Crippen molar-refractivity contribution >= 4 is 5.91 Å². The number of aryl methyl sites for hydroxylation is 1. The van der Waals surface area contributed by atoms with Crippen LogP contribution in [0.4, 0.5) is 0 Å². The molecule has 0 saturated heterocycles. The van der Waals surface area contributed by atoms with Crippen molar-refractivity contribution in [2.75, 3.05) is 0 Å². The van der Waals surface area contributed by atoms with Gasteiger partial charge in [0.2, 0.25) is 0 Å². The van der Waals surface area contributed by atoms with Gasteiger partial charge in [0, 0.05) is 6.54 Å². The SMILES string of the molecule is Cc1nn(-c2ccccc2)c(C)c1C(=O)NCc1ccc(Cn2cncn2)cc1. The fraction of sp³-hybridized carbons (Fsp3) is 0.182. The fourth-order valence-corrected chi connectivity index (χ4v) is 3.33. The molecule has 4 aromatic rings. The topological polar surface area (TPSA) is 77.6 Å². The normalized spacial score (nSPS) is 10.8. The van der Waals surface area contributed by atoms with E-state index in [9.17, 15) is 4.79 Å². The van der Waals surface area contributed by atoms with Crippen LogP contribution in [0.1, 0.15) is 32.9 Å². The molecular weight excluding hydrogens is 364 g/mol. The lowest BCUT2D eigenvalue weighted by atomic mass is 10.1. The number of benzene rings is 2. The van der Waals surface area contributed by atoms with E-state index >= 15 is 0 Å². The maximum atomic E-state index is 12.8. The average Bonchev–Trinajstić information content (AvgIpc) is 3.35. The smallest absolute Gasteiger partial charge is 0.255 e. The molecule has 1 amide bonds. The predicted octanol–water partition coefficient (Wildman–Crippen LogP) is 3.06. The van der Waals surface area contributed by atoms with E-state index in [0.717, 1.165) is 22.5 Å². The molecule has 2 aromatic carbocycles. The summed E-state index contributed by atoms with van der Waals surface area (Å²) in [7, 11) is 0. The van der Waals surface area contributed by atoms with Crippen LogP contribution >= 0.6 is 0 Å². The molecule has 0 fully saturated rings. The Balaban J connectivity index is 1.43. The molecule has 7 heteroatoms. The van der Waals surface area contributed by atoms with Gasteiger partial charge in [0.15, 0.2) is 0 Å². The van der Waals surface area contributed by atoms with Gasteiger partial charge in [-0.25, -0.2) is 14.3 Å². The largest absolute Gasteiger partial charge is 0.348 e. The molecule has 0 atom stereocenters. The number of para-hydroxylation sites is 1. The van der Waals surface area contributed by atoms with Crippen LogP contribution in [0.25, 0.3) is 5.69 Å². The highest BCUT2D eigenvalue weighted by Gasteiger charge is 2.19. The van der Waals surface area contributed by atoms with Gasteiger partial charge >= 0.3 is 0 Å². The van der Waals surface area contributed by atoms with Crippen LogP contribution in [0.15, 0.2) is 67.3 Å². The lowest BCUT2D eigenvalue weighted by Crippen LogP contribution is -2.24. The average molecular weight is 386 g/mol. The number of carbonyl (C=O) groups is 1. The highest BCUT2D eigenvalue weighted by atomic mass is 16.1. The molecule has 1 N–H and O–H groups in total. The summed E-state index contributed by atoms with van der Waals surface area (Å²) in [4.78, 5) is 16.7. The first kappa shape index (κ1) is 18.6. The number of aromatic nitrogens is 5. The maximum Gasteiger partial charge on any atom is 0.255 e. The van der Waals surface area contributed by atoms with Crippen molar-refractivity contribution in [3.8, 4) is 5.69 Å². The minimum Gasteiger partial charge on any atom is -0.348 e. The molecule has 0 aliphatic heterocycles. The number of rotatable bonds is 6. The van der Waals surface area contributed by atoms with Crippen molar-refractivity contribution < 1.29 is 4.79 Å². The van der Waals surface area contributed by atoms with Gasteiger partial charge in [-0.2, -0.15) is 10.2 Å². The molecular formula is C22H22N6O. The van der Waals surface area contributed by atoms with E-state index < -0.39 is 0 Å². The Hall–Kier alpha value is -3.74. The third-order valence-corrected chi connectivity index (χ3v) is 4.81. The van der Waals surface area contributed by atoms with Crippen molar-refractivity contribution in [3.63, 3.8) is 0 Å². The first-order valence-corrected chi connectivity index (χ1v) is 9.42. The molecule has 0 spiro atoms. The zero-order chi connectivity index (χ0) is 20.2. The first-order chi connectivity index (χ1) is 14.1. The second kappa shape index (κ2) is 8.10. The zero-order valence-electron chi connectivity index (χ0n) is 16.4. The number of hydrogen-bond acceptors (Lipinski definition) is 4. The van der Waals surface area contributed by atoms with Crippen LogP contribution in [0.3, 0.4) is 0 Å². The van der Waals surface area contributed by atoms with Crippen LogP contribution in [0.5, 0.6) is 0 Å². The zero-order valence-corrected chi connectivity index (χ0v) is 16.4. The van der Waals surface area contributed by atoms with Gasteiger partial charge in [0.05, 0.1) is 29.2 Å². The Bertz CT molecular complexity index is 1100. The Labute approximate surface area is 169 Å². The van der Waals surface area contributed by atoms with E-state index in [2.05, 4.69) is 20.5 Å². The summed E-state index contributed by atoms with van der Waals surface area (Å²) in [5.41, 5.74) is 5.26. The van der Waals surface area contributed by atoms with Gasteiger partial charge in [0.1, 0.15) is 12.7 Å². The van der Waals surface area contributed by atoms with E-state index in [1.807, 2.05) is 73.1 Å². The first-order valence-electron chi connectivity index (χ1n) is 9.42. The summed E-state index contributed by atoms with van der Waals surface area (Å²) in [5, 5.41) is 11.7. The van der Waals surface area contributed by atoms with E-state index in [-0.39, 0.29) is 5.91 Å². The molecule has 0 saturated carbocycles. The van der Waals surface area contributed by atoms with Gasteiger partial charge in [-0.1, -0.05) is 42.5 Å². The summed E-state index contributed by atoms with van der Waals surface area (Å²) in [6, 6.07) is 17.9. The van der Waals surface area contributed by atoms with E-state index in [0.29, 0.717) is 24.3 Å². The molecule has 0 bridgehead atoms. The van der Waals surface area contributed by atoms with Gasteiger partial charge in [-0.3, -0.25) is 4.79 Å². The summed E-state index contributed by atoms with van der Waals surface area (Å²) in [6.07, 6.45) is 3.21. The predicted molar refractivity (Wildman–Crippen MR) is 110 cm³/mol. The number of amides is 1. The van der Waals surface area contributed by atoms with Crippen molar-refractivity contribution in [2.45, 2.75) is 26.9 Å². The summed E-state index contributed by atoms with van der Waals surface area (Å²) in [6.45, 7) is 4.91. The quantitative estimate of drug-likeness (QED) is 0.552. The van der Waals surface area contributed by atoms with Crippen molar-refractivity contribution in [1.29, 1.82) is 0 Å². The third kappa shape index (κ3) is 4.08. The van der Waals surface area contributed by atoms with Crippen molar-refractivity contribution in [3.05, 3.63) is 95.3 Å². The van der Waals surface area contributed by atoms with Crippen LogP contribution in [0, 0.1) is 13.8 Å². The highest BCUT2D eigenvalue weighted by molar-refractivity contribution is 5.96. The molecule has 7 nitrogen and oxygen atoms in total. The van der Waals surface area contributed by atoms with Crippen LogP contribution in [-0.2, 0) is 13.1 Å². The Morgan fingerprint density at radius 2 is 1.72 bits per heavy atom. The minimum absolute atomic E-state index is 0.117. The van der Waals surface area contributed by atoms with Crippen LogP contribution < -0.4 is 5.32 Å². The molecule has 29 heavy (non-hydrogen) atoms. The highest BCUT2D eigenvalue weighted by Crippen LogP contribution is 2.18. The van der Waals surface area contributed by atoms with E-state index in [4.69, 9.17) is 0 Å². The molecule has 0 aliphatic rings. The number of nitrogens with zero attached hydrogens (tertiary/aromatic N) is 5. The second-order valence-electron chi connectivity index (χ2n) is 6.89. The van der Waals surface area contributed by atoms with Gasteiger partial charge in [0.25, 0.3) is 5.91 Å². The second-order valence-corrected chi connectivity index (χ2v) is 6.89. The van der Waals surface area contributed by atoms with Gasteiger partial charge in [-0.15, -0.1) is 0 Å². The van der Waals surface area contributed by atoms with Crippen LogP contribution in [-0.4, -0.2) is 30.5 Å². The molecule has 146 valence electrons. The Morgan fingerprint density at radius 1 is 1.00 bits per heavy atom. The molecule has 2 aromatic heterocycles. The lowest BCUT2D eigenvalue weighted by Gasteiger charge is -2.08. The standard InChI is InChI=1S/C22H22N6O/c1-16-21(17(2)28(26-16)20-6-4-3-5-7-20)22(29)24-12-18-8-10-19(11-9-18)13-27-15-23-14-25-27/h3-11,14-15H,12-13H2,1-2H3,(H,24,29). The number of hydrogen-bond donors (Lipinski definition) is 1. The molecule has 0 unspecified atom stereocenters. The van der Waals surface area contributed by atoms with Gasteiger partial charge in [-0.05, 0) is 37.1 Å². The summed E-state index contributed by atoms with van der Waals surface area (Å²) < 4.78 is 3.58. The Kier molecular flexibility index (Phi) is 5.20.